The van der Waals surface area contributed by atoms with Gasteiger partial charge in [-0.05, 0) is 12.1 Å². The molecule has 1 aromatic carbocycles. The number of aliphatic hydroxyl groups is 1. The molecule has 0 fully saturated rings. The molecule has 2 aromatic rings. The van der Waals surface area contributed by atoms with Crippen LogP contribution in [0.25, 0.3) is 0 Å². The van der Waals surface area contributed by atoms with Gasteiger partial charge in [-0.15, -0.1) is 0 Å². The quantitative estimate of drug-likeness (QED) is 0.900. The van der Waals surface area contributed by atoms with E-state index < -0.39 is 17.6 Å². The Morgan fingerprint density at radius 1 is 1.20 bits per heavy atom. The lowest BCUT2D eigenvalue weighted by Crippen LogP contribution is -2.45. The van der Waals surface area contributed by atoms with Crippen molar-refractivity contribution in [3.63, 3.8) is 0 Å². The largest absolute Gasteiger partial charge is 0.428 e. The molecule has 5 nitrogen and oxygen atoms in total. The van der Waals surface area contributed by atoms with Crippen molar-refractivity contribution < 1.29 is 18.3 Å². The molecular weight excluding hydrogens is 273 g/mol. The summed E-state index contributed by atoms with van der Waals surface area (Å²) < 4.78 is 41.0. The van der Waals surface area contributed by atoms with Crippen molar-refractivity contribution in [2.24, 2.45) is 7.05 Å². The zero-order valence-corrected chi connectivity index (χ0v) is 10.8. The molecule has 1 heterocycles. The van der Waals surface area contributed by atoms with E-state index in [0.717, 1.165) is 11.0 Å². The third-order valence-corrected chi connectivity index (χ3v) is 3.04. The molecule has 108 valence electrons. The van der Waals surface area contributed by atoms with Crippen LogP contribution in [0.15, 0.2) is 30.6 Å². The molecule has 2 rings (SSSR count). The van der Waals surface area contributed by atoms with Crippen molar-refractivity contribution in [1.82, 2.24) is 14.8 Å². The van der Waals surface area contributed by atoms with Crippen molar-refractivity contribution in [2.45, 2.75) is 11.8 Å². The standard InChI is InChI=1S/C12H13F3N4O/c1-16-9-5-3-8(4-6-9)11(20,12(13,14)15)10-17-7-18-19(10)2/h3-7,16,20H,1-2H3/t11-/m0/s1. The van der Waals surface area contributed by atoms with Crippen LogP contribution < -0.4 is 5.32 Å². The summed E-state index contributed by atoms with van der Waals surface area (Å²) in [5.74, 6) is -0.581. The Kier molecular flexibility index (Phi) is 3.43. The van der Waals surface area contributed by atoms with Gasteiger partial charge in [0.2, 0.25) is 5.60 Å². The molecule has 0 radical (unpaired) electrons. The molecule has 0 spiro atoms. The topological polar surface area (TPSA) is 63.0 Å². The number of rotatable bonds is 3. The van der Waals surface area contributed by atoms with Crippen LogP contribution in [0.2, 0.25) is 0 Å². The molecule has 2 N–H and O–H groups in total. The summed E-state index contributed by atoms with van der Waals surface area (Å²) in [5, 5.41) is 16.6. The molecule has 0 saturated heterocycles. The minimum absolute atomic E-state index is 0.319. The highest BCUT2D eigenvalue weighted by atomic mass is 19.4. The van der Waals surface area contributed by atoms with Gasteiger partial charge in [-0.2, -0.15) is 18.3 Å². The van der Waals surface area contributed by atoms with E-state index in [1.165, 1.54) is 31.3 Å². The third kappa shape index (κ3) is 2.11. The number of aryl methyl sites for hydroxylation is 1. The summed E-state index contributed by atoms with van der Waals surface area (Å²) in [6.45, 7) is 0. The maximum atomic E-state index is 13.4. The Morgan fingerprint density at radius 2 is 1.80 bits per heavy atom. The molecule has 0 aliphatic rings. The number of hydrogen-bond donors (Lipinski definition) is 2. The number of nitrogens with zero attached hydrogens (tertiary/aromatic N) is 3. The number of aromatic nitrogens is 3. The van der Waals surface area contributed by atoms with Gasteiger partial charge in [0.1, 0.15) is 6.33 Å². The van der Waals surface area contributed by atoms with Crippen molar-refractivity contribution in [2.75, 3.05) is 12.4 Å². The van der Waals surface area contributed by atoms with E-state index in [2.05, 4.69) is 15.4 Å². The van der Waals surface area contributed by atoms with E-state index in [1.807, 2.05) is 0 Å². The molecular formula is C12H13F3N4O. The highest BCUT2D eigenvalue weighted by Gasteiger charge is 2.59. The monoisotopic (exact) mass is 286 g/mol. The second kappa shape index (κ2) is 4.78. The van der Waals surface area contributed by atoms with Gasteiger partial charge in [0.25, 0.3) is 0 Å². The van der Waals surface area contributed by atoms with Gasteiger partial charge in [-0.3, -0.25) is 0 Å². The predicted molar refractivity (Wildman–Crippen MR) is 66.0 cm³/mol. The van der Waals surface area contributed by atoms with E-state index >= 15 is 0 Å². The molecule has 20 heavy (non-hydrogen) atoms. The molecule has 1 atom stereocenters. The van der Waals surface area contributed by atoms with Crippen molar-refractivity contribution in [3.8, 4) is 0 Å². The van der Waals surface area contributed by atoms with E-state index in [0.29, 0.717) is 5.69 Å². The first-order valence-electron chi connectivity index (χ1n) is 5.72. The molecule has 1 aromatic heterocycles. The number of nitrogens with one attached hydrogen (secondary N) is 1. The first kappa shape index (κ1) is 14.3. The predicted octanol–water partition coefficient (Wildman–Crippen LogP) is 1.65. The van der Waals surface area contributed by atoms with E-state index in [-0.39, 0.29) is 5.56 Å². The highest BCUT2D eigenvalue weighted by molar-refractivity contribution is 5.46. The third-order valence-electron chi connectivity index (χ3n) is 3.04. The number of alkyl halides is 3. The fourth-order valence-corrected chi connectivity index (χ4v) is 1.92. The number of benzene rings is 1. The first-order valence-corrected chi connectivity index (χ1v) is 5.72. The van der Waals surface area contributed by atoms with Crippen LogP contribution in [0.3, 0.4) is 0 Å². The summed E-state index contributed by atoms with van der Waals surface area (Å²) in [6.07, 6.45) is -3.96. The van der Waals surface area contributed by atoms with Gasteiger partial charge in [0.05, 0.1) is 0 Å². The zero-order valence-electron chi connectivity index (χ0n) is 10.8. The van der Waals surface area contributed by atoms with Crippen LogP contribution in [0.1, 0.15) is 11.4 Å². The lowest BCUT2D eigenvalue weighted by molar-refractivity contribution is -0.252. The van der Waals surface area contributed by atoms with Gasteiger partial charge in [0.15, 0.2) is 5.82 Å². The number of anilines is 1. The fraction of sp³-hybridized carbons (Fsp3) is 0.333. The lowest BCUT2D eigenvalue weighted by Gasteiger charge is -2.29. The minimum atomic E-state index is -4.92. The highest BCUT2D eigenvalue weighted by Crippen LogP contribution is 2.43. The second-order valence-electron chi connectivity index (χ2n) is 4.24. The SMILES string of the molecule is CNc1ccc([C@](O)(c2ncnn2C)C(F)(F)F)cc1. The van der Waals surface area contributed by atoms with Crippen LogP contribution in [-0.4, -0.2) is 33.1 Å². The first-order chi connectivity index (χ1) is 9.30. The Bertz CT molecular complexity index is 593. The lowest BCUT2D eigenvalue weighted by atomic mass is 9.92. The molecule has 0 amide bonds. The van der Waals surface area contributed by atoms with E-state index in [1.54, 1.807) is 7.05 Å². The molecule has 0 unspecified atom stereocenters. The Morgan fingerprint density at radius 3 is 2.20 bits per heavy atom. The molecule has 0 aliphatic carbocycles. The average Bonchev–Trinajstić information content (AvgIpc) is 2.83. The van der Waals surface area contributed by atoms with E-state index in [9.17, 15) is 18.3 Å². The number of halogens is 3. The van der Waals surface area contributed by atoms with Crippen LogP contribution in [-0.2, 0) is 12.6 Å². The van der Waals surface area contributed by atoms with Crippen LogP contribution in [0.5, 0.6) is 0 Å². The minimum Gasteiger partial charge on any atom is -0.388 e. The maximum Gasteiger partial charge on any atom is 0.428 e. The summed E-state index contributed by atoms with van der Waals surface area (Å²) in [4.78, 5) is 3.54. The van der Waals surface area contributed by atoms with Crippen molar-refractivity contribution >= 4 is 5.69 Å². The molecule has 0 bridgehead atoms. The molecule has 8 heteroatoms. The van der Waals surface area contributed by atoms with Gasteiger partial charge >= 0.3 is 6.18 Å². The Hall–Kier alpha value is -2.09. The normalized spacial score (nSPS) is 14.9. The molecule has 0 saturated carbocycles. The Balaban J connectivity index is 2.61. The summed E-state index contributed by atoms with van der Waals surface area (Å²) in [5.41, 5.74) is -2.89. The summed E-state index contributed by atoms with van der Waals surface area (Å²) in [6, 6.07) is 5.30. The van der Waals surface area contributed by atoms with Gasteiger partial charge in [0, 0.05) is 25.3 Å². The van der Waals surface area contributed by atoms with Crippen molar-refractivity contribution in [1.29, 1.82) is 0 Å². The number of hydrogen-bond acceptors (Lipinski definition) is 4. The summed E-state index contributed by atoms with van der Waals surface area (Å²) >= 11 is 0. The second-order valence-corrected chi connectivity index (χ2v) is 4.24. The Labute approximate surface area is 113 Å². The van der Waals surface area contributed by atoms with E-state index in [4.69, 9.17) is 0 Å². The average molecular weight is 286 g/mol. The fourth-order valence-electron chi connectivity index (χ4n) is 1.92. The zero-order chi connectivity index (χ0) is 15.0. The van der Waals surface area contributed by atoms with Crippen LogP contribution in [0, 0.1) is 0 Å². The van der Waals surface area contributed by atoms with Crippen LogP contribution in [0.4, 0.5) is 18.9 Å². The van der Waals surface area contributed by atoms with Gasteiger partial charge in [-0.1, -0.05) is 12.1 Å². The smallest absolute Gasteiger partial charge is 0.388 e. The van der Waals surface area contributed by atoms with Crippen LogP contribution >= 0.6 is 0 Å². The van der Waals surface area contributed by atoms with Crippen molar-refractivity contribution in [3.05, 3.63) is 42.0 Å². The maximum absolute atomic E-state index is 13.4. The molecule has 0 aliphatic heterocycles. The van der Waals surface area contributed by atoms with Gasteiger partial charge < -0.3 is 10.4 Å². The van der Waals surface area contributed by atoms with Gasteiger partial charge in [-0.25, -0.2) is 9.67 Å². The summed E-state index contributed by atoms with van der Waals surface area (Å²) in [7, 11) is 2.94.